The van der Waals surface area contributed by atoms with Crippen molar-refractivity contribution in [2.45, 2.75) is 13.2 Å². The van der Waals surface area contributed by atoms with Gasteiger partial charge in [-0.1, -0.05) is 0 Å². The second kappa shape index (κ2) is 5.94. The van der Waals surface area contributed by atoms with Crippen LogP contribution in [0.15, 0.2) is 42.9 Å². The van der Waals surface area contributed by atoms with Crippen molar-refractivity contribution in [2.24, 2.45) is 5.73 Å². The summed E-state index contributed by atoms with van der Waals surface area (Å²) >= 11 is 0. The van der Waals surface area contributed by atoms with Crippen molar-refractivity contribution < 1.29 is 23.0 Å². The Morgan fingerprint density at radius 3 is 2.78 bits per heavy atom. The maximum absolute atomic E-state index is 13.1. The van der Waals surface area contributed by atoms with Crippen LogP contribution in [-0.4, -0.2) is 26.7 Å². The van der Waals surface area contributed by atoms with Gasteiger partial charge in [0.05, 0.1) is 5.56 Å². The molecule has 0 spiro atoms. The second-order valence-electron chi connectivity index (χ2n) is 5.83. The van der Waals surface area contributed by atoms with E-state index in [2.05, 4.69) is 24.8 Å². The van der Waals surface area contributed by atoms with Crippen molar-refractivity contribution >= 4 is 17.5 Å². The lowest BCUT2D eigenvalue weighted by molar-refractivity contribution is -0.286. The van der Waals surface area contributed by atoms with Gasteiger partial charge < -0.3 is 25.1 Å². The van der Waals surface area contributed by atoms with E-state index in [4.69, 9.17) is 5.73 Å². The second-order valence-corrected chi connectivity index (χ2v) is 5.83. The average Bonchev–Trinajstić information content (AvgIpc) is 3.19. The Labute approximate surface area is 151 Å². The molecule has 0 bridgehead atoms. The Bertz CT molecular complexity index is 1050. The van der Waals surface area contributed by atoms with Gasteiger partial charge in [0.15, 0.2) is 11.5 Å². The number of alkyl halides is 2. The molecule has 2 aromatic heterocycles. The van der Waals surface area contributed by atoms with Crippen LogP contribution in [0.5, 0.6) is 11.5 Å². The summed E-state index contributed by atoms with van der Waals surface area (Å²) in [4.78, 5) is 19.8. The predicted octanol–water partition coefficient (Wildman–Crippen LogP) is 2.74. The Morgan fingerprint density at radius 2 is 2.04 bits per heavy atom. The number of nitrogens with zero attached hydrogens (tertiary/aromatic N) is 3. The van der Waals surface area contributed by atoms with E-state index in [1.54, 1.807) is 29.2 Å². The molecule has 3 aromatic rings. The molecule has 0 saturated carbocycles. The van der Waals surface area contributed by atoms with Crippen LogP contribution in [0.25, 0.3) is 5.82 Å². The van der Waals surface area contributed by atoms with Gasteiger partial charge in [0.25, 0.3) is 0 Å². The van der Waals surface area contributed by atoms with Crippen LogP contribution in [0.4, 0.5) is 20.4 Å². The number of rotatable bonds is 4. The number of hydrogen-bond donors (Lipinski definition) is 2. The third-order valence-electron chi connectivity index (χ3n) is 3.82. The minimum atomic E-state index is -3.68. The lowest BCUT2D eigenvalue weighted by Crippen LogP contribution is -2.25. The largest absolute Gasteiger partial charge is 0.586 e. The molecule has 3 heterocycles. The van der Waals surface area contributed by atoms with Crippen molar-refractivity contribution in [1.29, 1.82) is 0 Å². The first kappa shape index (κ1) is 16.8. The zero-order valence-electron chi connectivity index (χ0n) is 13.9. The Kier molecular flexibility index (Phi) is 3.69. The fourth-order valence-electron chi connectivity index (χ4n) is 2.58. The quantitative estimate of drug-likeness (QED) is 0.729. The molecule has 0 unspecified atom stereocenters. The summed E-state index contributed by atoms with van der Waals surface area (Å²) in [5, 5.41) is 2.92. The molecule has 3 N–H and O–H groups in total. The predicted molar refractivity (Wildman–Crippen MR) is 90.5 cm³/mol. The molecule has 0 aliphatic carbocycles. The number of nitrogens with two attached hydrogens (primary N) is 1. The van der Waals surface area contributed by atoms with Crippen LogP contribution in [-0.2, 0) is 0 Å². The molecule has 1 aliphatic heterocycles. The summed E-state index contributed by atoms with van der Waals surface area (Å²) in [6.07, 6.45) is 1.13. The maximum Gasteiger partial charge on any atom is 0.586 e. The molecule has 0 radical (unpaired) electrons. The molecule has 8 nitrogen and oxygen atoms in total. The monoisotopic (exact) mass is 373 g/mol. The molecule has 10 heteroatoms. The van der Waals surface area contributed by atoms with Gasteiger partial charge in [-0.15, -0.1) is 8.78 Å². The number of anilines is 2. The highest BCUT2D eigenvalue weighted by atomic mass is 19.3. The highest BCUT2D eigenvalue weighted by molar-refractivity contribution is 5.92. The van der Waals surface area contributed by atoms with Gasteiger partial charge >= 0.3 is 6.29 Å². The van der Waals surface area contributed by atoms with Crippen molar-refractivity contribution in [3.8, 4) is 17.3 Å². The number of amides is 1. The smallest absolute Gasteiger partial charge is 0.395 e. The van der Waals surface area contributed by atoms with E-state index < -0.39 is 12.2 Å². The van der Waals surface area contributed by atoms with Crippen LogP contribution in [0.3, 0.4) is 0 Å². The Balaban J connectivity index is 1.61. The summed E-state index contributed by atoms with van der Waals surface area (Å²) < 4.78 is 36.7. The number of nitrogens with one attached hydrogen (secondary N) is 1. The molecule has 27 heavy (non-hydrogen) atoms. The van der Waals surface area contributed by atoms with E-state index >= 15 is 0 Å². The number of carbonyl (C=O) groups excluding carboxylic acids is 1. The summed E-state index contributed by atoms with van der Waals surface area (Å²) in [5.74, 6) is 0.0787. The van der Waals surface area contributed by atoms with Crippen LogP contribution in [0, 0.1) is 6.92 Å². The van der Waals surface area contributed by atoms with Crippen molar-refractivity contribution in [1.82, 2.24) is 14.5 Å². The zero-order valence-corrected chi connectivity index (χ0v) is 13.9. The van der Waals surface area contributed by atoms with Gasteiger partial charge in [-0.3, -0.25) is 4.79 Å². The molecule has 1 aliphatic rings. The molecule has 4 rings (SSSR count). The summed E-state index contributed by atoms with van der Waals surface area (Å²) in [6, 6.07) is 5.83. The SMILES string of the molecule is Cc1cnc(Nc2ccc3c(c2)OC(F)(F)O3)nc1-n1ccc(C(N)=O)c1. The number of fused-ring (bicyclic) bond motifs is 1. The van der Waals surface area contributed by atoms with Gasteiger partial charge in [-0.2, -0.15) is 4.98 Å². The highest BCUT2D eigenvalue weighted by Crippen LogP contribution is 2.42. The minimum Gasteiger partial charge on any atom is -0.395 e. The lowest BCUT2D eigenvalue weighted by Gasteiger charge is -2.10. The molecule has 0 fully saturated rings. The maximum atomic E-state index is 13.1. The van der Waals surface area contributed by atoms with E-state index in [-0.39, 0.29) is 17.4 Å². The Morgan fingerprint density at radius 1 is 1.26 bits per heavy atom. The molecule has 1 aromatic carbocycles. The Hall–Kier alpha value is -3.69. The fraction of sp³-hybridized carbons (Fsp3) is 0.118. The van der Waals surface area contributed by atoms with Gasteiger partial charge in [0.1, 0.15) is 5.82 Å². The van der Waals surface area contributed by atoms with Crippen molar-refractivity contribution in [3.05, 3.63) is 54.0 Å². The average molecular weight is 373 g/mol. The number of ether oxygens (including phenoxy) is 2. The van der Waals surface area contributed by atoms with Crippen LogP contribution in [0.1, 0.15) is 15.9 Å². The number of primary amides is 1. The first-order valence-electron chi connectivity index (χ1n) is 7.79. The van der Waals surface area contributed by atoms with E-state index in [0.717, 1.165) is 5.56 Å². The minimum absolute atomic E-state index is 0.0533. The van der Waals surface area contributed by atoms with Crippen molar-refractivity contribution in [2.75, 3.05) is 5.32 Å². The number of aromatic nitrogens is 3. The van der Waals surface area contributed by atoms with Crippen LogP contribution >= 0.6 is 0 Å². The van der Waals surface area contributed by atoms with Gasteiger partial charge in [-0.25, -0.2) is 4.98 Å². The number of benzene rings is 1. The van der Waals surface area contributed by atoms with E-state index in [9.17, 15) is 13.6 Å². The zero-order chi connectivity index (χ0) is 19.2. The van der Waals surface area contributed by atoms with Crippen LogP contribution < -0.4 is 20.5 Å². The number of aryl methyl sites for hydroxylation is 1. The van der Waals surface area contributed by atoms with E-state index in [1.165, 1.54) is 18.2 Å². The standard InChI is InChI=1S/C17H13F2N5O3/c1-9-7-21-16(23-15(9)24-5-4-10(8-24)14(20)25)22-11-2-3-12-13(6-11)27-17(18,19)26-12/h2-8H,1H3,(H2,20,25)(H,21,22,23). The number of hydrogen-bond acceptors (Lipinski definition) is 6. The van der Waals surface area contributed by atoms with Crippen LogP contribution in [0.2, 0.25) is 0 Å². The summed E-state index contributed by atoms with van der Waals surface area (Å²) in [5.41, 5.74) is 6.81. The number of halogens is 2. The third-order valence-corrected chi connectivity index (χ3v) is 3.82. The normalized spacial score (nSPS) is 14.2. The van der Waals surface area contributed by atoms with Crippen molar-refractivity contribution in [3.63, 3.8) is 0 Å². The van der Waals surface area contributed by atoms with Gasteiger partial charge in [-0.05, 0) is 25.1 Å². The molecule has 138 valence electrons. The lowest BCUT2D eigenvalue weighted by atomic mass is 10.3. The first-order valence-corrected chi connectivity index (χ1v) is 7.79. The van der Waals surface area contributed by atoms with Gasteiger partial charge in [0, 0.05) is 35.9 Å². The van der Waals surface area contributed by atoms with Gasteiger partial charge in [0.2, 0.25) is 11.9 Å². The topological polar surface area (TPSA) is 104 Å². The molecular weight excluding hydrogens is 360 g/mol. The number of carbonyl (C=O) groups is 1. The summed E-state index contributed by atoms with van der Waals surface area (Å²) in [7, 11) is 0. The summed E-state index contributed by atoms with van der Waals surface area (Å²) in [6.45, 7) is 1.81. The molecule has 0 atom stereocenters. The van der Waals surface area contributed by atoms with E-state index in [1.807, 2.05) is 6.92 Å². The first-order chi connectivity index (χ1) is 12.8. The highest BCUT2D eigenvalue weighted by Gasteiger charge is 2.43. The molecule has 0 saturated heterocycles. The molecular formula is C17H13F2N5O3. The molecule has 1 amide bonds. The van der Waals surface area contributed by atoms with E-state index in [0.29, 0.717) is 17.1 Å². The third kappa shape index (κ3) is 3.24. The fourth-order valence-corrected chi connectivity index (χ4v) is 2.58.